The van der Waals surface area contributed by atoms with Gasteiger partial charge in [0.05, 0.1) is 3.92 Å². The van der Waals surface area contributed by atoms with Gasteiger partial charge in [-0.25, -0.2) is 0 Å². The number of thioether (sulfide) groups is 1. The largest absolute Gasteiger partial charge is 0.312 e. The van der Waals surface area contributed by atoms with Gasteiger partial charge in [0, 0.05) is 12.8 Å². The topological polar surface area (TPSA) is 47.8 Å². The maximum atomic E-state index is 10.3. The van der Waals surface area contributed by atoms with Crippen LogP contribution < -0.4 is 0 Å². The molecule has 0 spiro atoms. The molecule has 0 aliphatic rings. The molecular weight excluding hydrogens is 289 g/mol. The molecule has 0 aromatic carbocycles. The van der Waals surface area contributed by atoms with Crippen molar-refractivity contribution < 1.29 is 4.79 Å². The second kappa shape index (κ2) is 4.80. The van der Waals surface area contributed by atoms with Crippen LogP contribution in [-0.2, 0) is 11.8 Å². The Morgan fingerprint density at radius 1 is 1.92 bits per heavy atom. The molecule has 1 heterocycles. The van der Waals surface area contributed by atoms with E-state index >= 15 is 0 Å². The second-order valence-corrected chi connectivity index (χ2v) is 4.77. The fourth-order valence-corrected chi connectivity index (χ4v) is 1.88. The minimum absolute atomic E-state index is 0.0456. The summed E-state index contributed by atoms with van der Waals surface area (Å²) in [5, 5.41) is 8.45. The van der Waals surface area contributed by atoms with E-state index in [1.165, 1.54) is 11.8 Å². The normalized spacial score (nSPS) is 12.8. The molecule has 6 heteroatoms. The van der Waals surface area contributed by atoms with Crippen LogP contribution in [0.5, 0.6) is 0 Å². The van der Waals surface area contributed by atoms with E-state index in [9.17, 15) is 4.79 Å². The molecule has 12 heavy (non-hydrogen) atoms. The molecule has 1 rings (SSSR count). The lowest BCUT2D eigenvalue weighted by atomic mass is 10.6. The van der Waals surface area contributed by atoms with Crippen LogP contribution in [-0.4, -0.2) is 30.7 Å². The molecule has 0 aliphatic heterocycles. The summed E-state index contributed by atoms with van der Waals surface area (Å²) in [6.07, 6.45) is 2.58. The highest BCUT2D eigenvalue weighted by Gasteiger charge is 2.05. The van der Waals surface area contributed by atoms with E-state index in [4.69, 9.17) is 0 Å². The summed E-state index contributed by atoms with van der Waals surface area (Å²) in [7, 11) is 1.88. The Balaban J connectivity index is 2.43. The van der Waals surface area contributed by atoms with Gasteiger partial charge in [0.2, 0.25) is 0 Å². The van der Waals surface area contributed by atoms with Crippen molar-refractivity contribution in [2.24, 2.45) is 7.05 Å². The van der Waals surface area contributed by atoms with Crippen molar-refractivity contribution in [2.75, 3.05) is 5.75 Å². The SMILES string of the molecule is Cn1cnnc1SCC(I)C=O. The highest BCUT2D eigenvalue weighted by molar-refractivity contribution is 14.1. The van der Waals surface area contributed by atoms with Crippen molar-refractivity contribution in [1.29, 1.82) is 0 Å². The number of nitrogens with zero attached hydrogens (tertiary/aromatic N) is 3. The monoisotopic (exact) mass is 297 g/mol. The number of aldehydes is 1. The van der Waals surface area contributed by atoms with E-state index in [1.807, 2.05) is 11.6 Å². The standard InChI is InChI=1S/C6H8IN3OS/c1-10-4-8-9-6(10)12-3-5(7)2-11/h2,4-5H,3H2,1H3. The van der Waals surface area contributed by atoms with E-state index in [1.54, 1.807) is 6.33 Å². The van der Waals surface area contributed by atoms with Gasteiger partial charge in [0.25, 0.3) is 0 Å². The number of carbonyl (C=O) groups is 1. The predicted molar refractivity (Wildman–Crippen MR) is 55.6 cm³/mol. The third-order valence-electron chi connectivity index (χ3n) is 1.19. The first-order valence-corrected chi connectivity index (χ1v) is 5.53. The lowest BCUT2D eigenvalue weighted by Gasteiger charge is -2.00. The van der Waals surface area contributed by atoms with Crippen molar-refractivity contribution in [3.05, 3.63) is 6.33 Å². The first-order valence-electron chi connectivity index (χ1n) is 3.30. The molecule has 0 radical (unpaired) electrons. The molecule has 0 saturated heterocycles. The Hall–Kier alpha value is -0.110. The van der Waals surface area contributed by atoms with E-state index in [0.717, 1.165) is 17.2 Å². The Morgan fingerprint density at radius 3 is 3.17 bits per heavy atom. The molecule has 0 amide bonds. The summed E-state index contributed by atoms with van der Waals surface area (Å²) in [5.74, 6) is 0.747. The summed E-state index contributed by atoms with van der Waals surface area (Å²) >= 11 is 3.63. The highest BCUT2D eigenvalue weighted by Crippen LogP contribution is 2.16. The summed E-state index contributed by atoms with van der Waals surface area (Å²) in [5.41, 5.74) is 0. The van der Waals surface area contributed by atoms with Gasteiger partial charge in [0.1, 0.15) is 12.6 Å². The minimum Gasteiger partial charge on any atom is -0.312 e. The number of hydrogen-bond donors (Lipinski definition) is 0. The molecule has 0 bridgehead atoms. The molecule has 66 valence electrons. The third-order valence-corrected chi connectivity index (χ3v) is 3.67. The van der Waals surface area contributed by atoms with Crippen molar-refractivity contribution in [3.8, 4) is 0 Å². The molecule has 0 aliphatic carbocycles. The summed E-state index contributed by atoms with van der Waals surface area (Å²) in [4.78, 5) is 10.3. The van der Waals surface area contributed by atoms with E-state index in [-0.39, 0.29) is 3.92 Å². The number of alkyl halides is 1. The summed E-state index contributed by atoms with van der Waals surface area (Å²) < 4.78 is 1.88. The number of rotatable bonds is 4. The quantitative estimate of drug-likeness (QED) is 0.359. The number of aromatic nitrogens is 3. The average Bonchev–Trinajstić information content (AvgIpc) is 2.47. The van der Waals surface area contributed by atoms with Crippen molar-refractivity contribution in [2.45, 2.75) is 9.08 Å². The lowest BCUT2D eigenvalue weighted by molar-refractivity contribution is -0.106. The number of hydrogen-bond acceptors (Lipinski definition) is 4. The molecule has 0 N–H and O–H groups in total. The van der Waals surface area contributed by atoms with Gasteiger partial charge in [-0.1, -0.05) is 34.4 Å². The van der Waals surface area contributed by atoms with E-state index in [2.05, 4.69) is 32.8 Å². The molecular formula is C6H8IN3OS. The fourth-order valence-electron chi connectivity index (χ4n) is 0.597. The van der Waals surface area contributed by atoms with Crippen molar-refractivity contribution in [3.63, 3.8) is 0 Å². The van der Waals surface area contributed by atoms with Crippen LogP contribution in [0.2, 0.25) is 0 Å². The highest BCUT2D eigenvalue weighted by atomic mass is 127. The van der Waals surface area contributed by atoms with Gasteiger partial charge < -0.3 is 9.36 Å². The lowest BCUT2D eigenvalue weighted by Crippen LogP contribution is -2.03. The average molecular weight is 297 g/mol. The van der Waals surface area contributed by atoms with Gasteiger partial charge in [-0.15, -0.1) is 10.2 Å². The molecule has 1 aromatic heterocycles. The number of halogens is 1. The van der Waals surface area contributed by atoms with Gasteiger partial charge in [0.15, 0.2) is 5.16 Å². The van der Waals surface area contributed by atoms with Crippen LogP contribution >= 0.6 is 34.4 Å². The summed E-state index contributed by atoms with van der Waals surface area (Å²) in [6, 6.07) is 0. The van der Waals surface area contributed by atoms with Crippen LogP contribution in [0.15, 0.2) is 11.5 Å². The van der Waals surface area contributed by atoms with Crippen LogP contribution in [0.1, 0.15) is 0 Å². The molecule has 0 saturated carbocycles. The minimum atomic E-state index is 0.0456. The zero-order valence-electron chi connectivity index (χ0n) is 6.48. The van der Waals surface area contributed by atoms with Crippen molar-refractivity contribution >= 4 is 40.6 Å². The van der Waals surface area contributed by atoms with Crippen LogP contribution in [0, 0.1) is 0 Å². The Morgan fingerprint density at radius 2 is 2.67 bits per heavy atom. The van der Waals surface area contributed by atoms with Gasteiger partial charge in [-0.3, -0.25) is 0 Å². The van der Waals surface area contributed by atoms with Gasteiger partial charge >= 0.3 is 0 Å². The van der Waals surface area contributed by atoms with Crippen LogP contribution in [0.25, 0.3) is 0 Å². The van der Waals surface area contributed by atoms with Crippen LogP contribution in [0.3, 0.4) is 0 Å². The smallest absolute Gasteiger partial charge is 0.190 e. The fraction of sp³-hybridized carbons (Fsp3) is 0.500. The maximum Gasteiger partial charge on any atom is 0.190 e. The zero-order chi connectivity index (χ0) is 8.97. The third kappa shape index (κ3) is 2.74. The number of carbonyl (C=O) groups excluding carboxylic acids is 1. The molecule has 1 atom stereocenters. The predicted octanol–water partition coefficient (Wildman–Crippen LogP) is 0.910. The van der Waals surface area contributed by atoms with Gasteiger partial charge in [-0.05, 0) is 0 Å². The van der Waals surface area contributed by atoms with E-state index in [0.29, 0.717) is 0 Å². The van der Waals surface area contributed by atoms with Crippen molar-refractivity contribution in [1.82, 2.24) is 14.8 Å². The van der Waals surface area contributed by atoms with E-state index < -0.39 is 0 Å². The Bertz CT molecular complexity index is 265. The Kier molecular flexibility index (Phi) is 3.99. The molecule has 4 nitrogen and oxygen atoms in total. The first-order chi connectivity index (χ1) is 5.74. The molecule has 0 fully saturated rings. The Labute approximate surface area is 88.3 Å². The zero-order valence-corrected chi connectivity index (χ0v) is 9.45. The second-order valence-electron chi connectivity index (χ2n) is 2.19. The first kappa shape index (κ1) is 9.97. The number of aryl methyl sites for hydroxylation is 1. The van der Waals surface area contributed by atoms with Crippen LogP contribution in [0.4, 0.5) is 0 Å². The van der Waals surface area contributed by atoms with Gasteiger partial charge in [-0.2, -0.15) is 0 Å². The summed E-state index contributed by atoms with van der Waals surface area (Å²) in [6.45, 7) is 0. The molecule has 1 unspecified atom stereocenters. The molecule has 1 aromatic rings. The maximum absolute atomic E-state index is 10.3.